The van der Waals surface area contributed by atoms with E-state index >= 15 is 0 Å². The molecule has 0 radical (unpaired) electrons. The van der Waals surface area contributed by atoms with Gasteiger partial charge < -0.3 is 4.90 Å². The minimum Gasteiger partial charge on any atom is -0.366 e. The highest BCUT2D eigenvalue weighted by molar-refractivity contribution is 7.91. The van der Waals surface area contributed by atoms with Gasteiger partial charge in [0.05, 0.1) is 26.8 Å². The number of hydrogen-bond donors (Lipinski definition) is 0. The van der Waals surface area contributed by atoms with Crippen LogP contribution in [-0.4, -0.2) is 33.2 Å². The van der Waals surface area contributed by atoms with Crippen LogP contribution in [0, 0.1) is 6.92 Å². The van der Waals surface area contributed by atoms with Crippen LogP contribution in [-0.2, 0) is 9.84 Å². The van der Waals surface area contributed by atoms with E-state index in [0.29, 0.717) is 5.69 Å². The highest BCUT2D eigenvalue weighted by Gasteiger charge is 2.21. The monoisotopic (exact) mass is 350 g/mol. The van der Waals surface area contributed by atoms with Gasteiger partial charge in [0.15, 0.2) is 0 Å². The second-order valence-electron chi connectivity index (χ2n) is 5.20. The van der Waals surface area contributed by atoms with Crippen molar-refractivity contribution in [2.75, 3.05) is 13.6 Å². The third-order valence-corrected chi connectivity index (χ3v) is 5.72. The van der Waals surface area contributed by atoms with Crippen molar-refractivity contribution in [3.8, 4) is 0 Å². The van der Waals surface area contributed by atoms with Crippen LogP contribution in [0.3, 0.4) is 0 Å². The van der Waals surface area contributed by atoms with Gasteiger partial charge >= 0.3 is 0 Å². The van der Waals surface area contributed by atoms with Gasteiger partial charge in [0.1, 0.15) is 0 Å². The molecule has 0 aromatic heterocycles. The number of sulfone groups is 1. The summed E-state index contributed by atoms with van der Waals surface area (Å²) in [5, 5.41) is 0.172. The van der Waals surface area contributed by atoms with E-state index in [2.05, 4.69) is 4.99 Å². The number of nitrogens with zero attached hydrogens (tertiary/aromatic N) is 2. The molecule has 0 bridgehead atoms. The van der Waals surface area contributed by atoms with Gasteiger partial charge in [0.2, 0.25) is 9.84 Å². The molecule has 0 amide bonds. The van der Waals surface area contributed by atoms with Gasteiger partial charge in [0, 0.05) is 13.6 Å². The second-order valence-corrected chi connectivity index (χ2v) is 7.53. The van der Waals surface area contributed by atoms with Crippen molar-refractivity contribution < 1.29 is 8.42 Å². The smallest absolute Gasteiger partial charge is 0.208 e. The Hall–Kier alpha value is -1.85. The molecule has 0 saturated carbocycles. The summed E-state index contributed by atoms with van der Waals surface area (Å²) in [4.78, 5) is 6.60. The molecule has 0 aliphatic rings. The lowest BCUT2D eigenvalue weighted by atomic mass is 10.2. The minimum atomic E-state index is -3.64. The fourth-order valence-corrected chi connectivity index (χ4v) is 3.84. The van der Waals surface area contributed by atoms with Crippen LogP contribution >= 0.6 is 11.6 Å². The average molecular weight is 351 g/mol. The van der Waals surface area contributed by atoms with Crippen LogP contribution in [0.5, 0.6) is 0 Å². The fourth-order valence-electron chi connectivity index (χ4n) is 1.96. The molecule has 0 aliphatic heterocycles. The molecule has 0 N–H and O–H groups in total. The Morgan fingerprint density at radius 1 is 1.22 bits per heavy atom. The zero-order valence-corrected chi connectivity index (χ0v) is 14.9. The first-order valence-electron chi connectivity index (χ1n) is 7.21. The Bertz CT molecular complexity index is 818. The normalized spacial score (nSPS) is 11.8. The van der Waals surface area contributed by atoms with Gasteiger partial charge in [-0.2, -0.15) is 0 Å². The summed E-state index contributed by atoms with van der Waals surface area (Å²) in [5.74, 6) is 0. The Morgan fingerprint density at radius 2 is 1.87 bits per heavy atom. The lowest BCUT2D eigenvalue weighted by molar-refractivity contribution is 0.552. The van der Waals surface area contributed by atoms with Gasteiger partial charge in [-0.15, -0.1) is 0 Å². The molecular weight excluding hydrogens is 332 g/mol. The second kappa shape index (κ2) is 7.15. The van der Waals surface area contributed by atoms with Gasteiger partial charge in [0.25, 0.3) is 0 Å². The molecule has 0 atom stereocenters. The van der Waals surface area contributed by atoms with Crippen molar-refractivity contribution in [1.29, 1.82) is 0 Å². The Morgan fingerprint density at radius 3 is 2.48 bits per heavy atom. The summed E-state index contributed by atoms with van der Waals surface area (Å²) in [6.45, 7) is 4.66. The maximum atomic E-state index is 12.7. The standard InChI is InChI=1S/C17H19ClN2O2S/c1-4-20(3)12-19-16-11-15(18)17(10-13(16)2)23(21,22)14-8-6-5-7-9-14/h5-12H,4H2,1-3H3. The van der Waals surface area contributed by atoms with E-state index in [1.807, 2.05) is 25.8 Å². The third kappa shape index (κ3) is 3.92. The van der Waals surface area contributed by atoms with Crippen molar-refractivity contribution in [2.45, 2.75) is 23.6 Å². The summed E-state index contributed by atoms with van der Waals surface area (Å²) in [5.41, 5.74) is 1.41. The van der Waals surface area contributed by atoms with E-state index in [-0.39, 0.29) is 14.8 Å². The molecule has 2 aromatic carbocycles. The van der Waals surface area contributed by atoms with E-state index in [9.17, 15) is 8.42 Å². The van der Waals surface area contributed by atoms with E-state index in [0.717, 1.165) is 12.1 Å². The largest absolute Gasteiger partial charge is 0.366 e. The van der Waals surface area contributed by atoms with Gasteiger partial charge in [-0.1, -0.05) is 29.8 Å². The quantitative estimate of drug-likeness (QED) is 0.602. The summed E-state index contributed by atoms with van der Waals surface area (Å²) >= 11 is 6.22. The molecule has 0 aliphatic carbocycles. The van der Waals surface area contributed by atoms with Crippen LogP contribution in [0.1, 0.15) is 12.5 Å². The molecule has 4 nitrogen and oxygen atoms in total. The van der Waals surface area contributed by atoms with Gasteiger partial charge in [-0.3, -0.25) is 0 Å². The van der Waals surface area contributed by atoms with Crippen molar-refractivity contribution >= 4 is 33.5 Å². The summed E-state index contributed by atoms with van der Waals surface area (Å²) in [7, 11) is -1.73. The number of rotatable bonds is 5. The zero-order valence-electron chi connectivity index (χ0n) is 13.3. The van der Waals surface area contributed by atoms with E-state index < -0.39 is 9.84 Å². The zero-order chi connectivity index (χ0) is 17.0. The van der Waals surface area contributed by atoms with Crippen molar-refractivity contribution in [3.05, 3.63) is 53.1 Å². The Kier molecular flexibility index (Phi) is 5.44. The van der Waals surface area contributed by atoms with Crippen molar-refractivity contribution in [3.63, 3.8) is 0 Å². The fraction of sp³-hybridized carbons (Fsp3) is 0.235. The van der Waals surface area contributed by atoms with E-state index in [4.69, 9.17) is 11.6 Å². The van der Waals surface area contributed by atoms with Crippen LogP contribution < -0.4 is 0 Å². The predicted molar refractivity (Wildman–Crippen MR) is 94.5 cm³/mol. The summed E-state index contributed by atoms with van der Waals surface area (Å²) in [6, 6.07) is 11.4. The third-order valence-electron chi connectivity index (χ3n) is 3.49. The Balaban J connectivity index is 2.47. The molecular formula is C17H19ClN2O2S. The molecule has 0 saturated heterocycles. The Labute approximate surface area is 142 Å². The molecule has 122 valence electrons. The molecule has 0 spiro atoms. The molecule has 0 unspecified atom stereocenters. The van der Waals surface area contributed by atoms with E-state index in [1.165, 1.54) is 0 Å². The SMILES string of the molecule is CCN(C)C=Nc1cc(Cl)c(S(=O)(=O)c2ccccc2)cc1C. The maximum absolute atomic E-state index is 12.7. The number of hydrogen-bond acceptors (Lipinski definition) is 3. The topological polar surface area (TPSA) is 49.7 Å². The lowest BCUT2D eigenvalue weighted by Gasteiger charge is -2.11. The van der Waals surface area contributed by atoms with Crippen molar-refractivity contribution in [1.82, 2.24) is 4.90 Å². The highest BCUT2D eigenvalue weighted by atomic mass is 35.5. The maximum Gasteiger partial charge on any atom is 0.208 e. The van der Waals surface area contributed by atoms with Crippen LogP contribution in [0.25, 0.3) is 0 Å². The number of aryl methyl sites for hydroxylation is 1. The van der Waals surface area contributed by atoms with Gasteiger partial charge in [-0.25, -0.2) is 13.4 Å². The molecule has 6 heteroatoms. The number of benzene rings is 2. The van der Waals surface area contributed by atoms with Gasteiger partial charge in [-0.05, 0) is 43.7 Å². The first-order valence-corrected chi connectivity index (χ1v) is 9.07. The minimum absolute atomic E-state index is 0.102. The number of halogens is 1. The van der Waals surface area contributed by atoms with E-state index in [1.54, 1.807) is 48.8 Å². The molecule has 0 heterocycles. The first-order chi connectivity index (χ1) is 10.9. The van der Waals surface area contributed by atoms with Crippen molar-refractivity contribution in [2.24, 2.45) is 4.99 Å². The van der Waals surface area contributed by atoms with Crippen LogP contribution in [0.4, 0.5) is 5.69 Å². The average Bonchev–Trinajstić information content (AvgIpc) is 2.55. The predicted octanol–water partition coefficient (Wildman–Crippen LogP) is 4.09. The molecule has 2 aromatic rings. The summed E-state index contributed by atoms with van der Waals surface area (Å²) in [6.07, 6.45) is 1.70. The van der Waals surface area contributed by atoms with Crippen LogP contribution in [0.15, 0.2) is 57.2 Å². The molecule has 2 rings (SSSR count). The molecule has 23 heavy (non-hydrogen) atoms. The highest BCUT2D eigenvalue weighted by Crippen LogP contribution is 2.33. The summed E-state index contributed by atoms with van der Waals surface area (Å²) < 4.78 is 25.4. The lowest BCUT2D eigenvalue weighted by Crippen LogP contribution is -2.14. The van der Waals surface area contributed by atoms with Crippen LogP contribution in [0.2, 0.25) is 5.02 Å². The number of aliphatic imine (C=N–C) groups is 1. The first kappa shape index (κ1) is 17.5. The molecule has 0 fully saturated rings.